The fourth-order valence-electron chi connectivity index (χ4n) is 2.08. The zero-order valence-corrected chi connectivity index (χ0v) is 10.2. The van der Waals surface area contributed by atoms with Gasteiger partial charge in [0.05, 0.1) is 12.0 Å². The third kappa shape index (κ3) is 1.97. The molecule has 5 heteroatoms. The maximum atomic E-state index is 5.71. The molecule has 2 heterocycles. The fraction of sp³-hybridized carbons (Fsp3) is 0.385. The van der Waals surface area contributed by atoms with Gasteiger partial charge in [0.1, 0.15) is 12.4 Å². The van der Waals surface area contributed by atoms with Crippen molar-refractivity contribution in [1.82, 2.24) is 10.2 Å². The summed E-state index contributed by atoms with van der Waals surface area (Å²) >= 11 is 0. The Bertz CT molecular complexity index is 551. The molecule has 0 bridgehead atoms. The minimum Gasteiger partial charge on any atom is -0.492 e. The van der Waals surface area contributed by atoms with Crippen LogP contribution in [0.1, 0.15) is 36.2 Å². The predicted octanol–water partition coefficient (Wildman–Crippen LogP) is 1.81. The number of nitrogens with two attached hydrogens (primary N) is 1. The Balaban J connectivity index is 1.83. The molecule has 0 aliphatic carbocycles. The first kappa shape index (κ1) is 11.2. The summed E-state index contributed by atoms with van der Waals surface area (Å²) in [6, 6.07) is 7.78. The van der Waals surface area contributed by atoms with Crippen LogP contribution in [0.2, 0.25) is 0 Å². The van der Waals surface area contributed by atoms with Gasteiger partial charge in [0, 0.05) is 0 Å². The van der Waals surface area contributed by atoms with Crippen molar-refractivity contribution >= 4 is 0 Å². The van der Waals surface area contributed by atoms with Crippen LogP contribution in [0.15, 0.2) is 28.7 Å². The summed E-state index contributed by atoms with van der Waals surface area (Å²) in [6.07, 6.45) is 0.858. The average Bonchev–Trinajstić information content (AvgIpc) is 2.88. The number of benzene rings is 1. The van der Waals surface area contributed by atoms with E-state index in [4.69, 9.17) is 14.9 Å². The van der Waals surface area contributed by atoms with Gasteiger partial charge in [-0.25, -0.2) is 0 Å². The Hall–Kier alpha value is -1.88. The SMILES string of the molecule is CC(N)c1nnc(C2COc3ccccc3C2)o1. The zero-order chi connectivity index (χ0) is 12.5. The molecule has 0 saturated heterocycles. The van der Waals surface area contributed by atoms with Gasteiger partial charge in [-0.3, -0.25) is 0 Å². The number of aromatic nitrogens is 2. The minimum atomic E-state index is -0.233. The highest BCUT2D eigenvalue weighted by molar-refractivity contribution is 5.36. The Morgan fingerprint density at radius 1 is 1.33 bits per heavy atom. The van der Waals surface area contributed by atoms with Crippen molar-refractivity contribution in [1.29, 1.82) is 0 Å². The Labute approximate surface area is 105 Å². The summed E-state index contributed by atoms with van der Waals surface area (Å²) in [7, 11) is 0. The highest BCUT2D eigenvalue weighted by atomic mass is 16.5. The van der Waals surface area contributed by atoms with Gasteiger partial charge in [-0.05, 0) is 25.0 Å². The monoisotopic (exact) mass is 245 g/mol. The van der Waals surface area contributed by atoms with Crippen molar-refractivity contribution in [2.24, 2.45) is 5.73 Å². The summed E-state index contributed by atoms with van der Waals surface area (Å²) in [5.74, 6) is 2.14. The molecular weight excluding hydrogens is 230 g/mol. The van der Waals surface area contributed by atoms with Crippen molar-refractivity contribution in [3.8, 4) is 5.75 Å². The van der Waals surface area contributed by atoms with Crippen molar-refractivity contribution < 1.29 is 9.15 Å². The molecule has 0 saturated carbocycles. The van der Waals surface area contributed by atoms with E-state index in [0.717, 1.165) is 12.2 Å². The second kappa shape index (κ2) is 4.42. The zero-order valence-electron chi connectivity index (χ0n) is 10.2. The van der Waals surface area contributed by atoms with Gasteiger partial charge in [-0.15, -0.1) is 10.2 Å². The smallest absolute Gasteiger partial charge is 0.232 e. The molecule has 1 aliphatic rings. The molecule has 5 nitrogen and oxygen atoms in total. The van der Waals surface area contributed by atoms with Crippen molar-refractivity contribution in [3.63, 3.8) is 0 Å². The summed E-state index contributed by atoms with van der Waals surface area (Å²) in [4.78, 5) is 0. The lowest BCUT2D eigenvalue weighted by Gasteiger charge is -2.22. The Morgan fingerprint density at radius 2 is 2.17 bits per heavy atom. The lowest BCUT2D eigenvalue weighted by Crippen LogP contribution is -2.19. The largest absolute Gasteiger partial charge is 0.492 e. The Kier molecular flexibility index (Phi) is 2.76. The molecule has 1 aromatic carbocycles. The number of hydrogen-bond donors (Lipinski definition) is 1. The summed E-state index contributed by atoms with van der Waals surface area (Å²) in [5, 5.41) is 8.01. The minimum absolute atomic E-state index is 0.111. The third-order valence-electron chi connectivity index (χ3n) is 3.07. The maximum absolute atomic E-state index is 5.71. The Morgan fingerprint density at radius 3 is 2.94 bits per heavy atom. The summed E-state index contributed by atoms with van der Waals surface area (Å²) in [6.45, 7) is 2.39. The van der Waals surface area contributed by atoms with Gasteiger partial charge < -0.3 is 14.9 Å². The molecule has 3 rings (SSSR count). The van der Waals surface area contributed by atoms with Crippen molar-refractivity contribution in [2.45, 2.75) is 25.3 Å². The molecule has 1 aliphatic heterocycles. The molecule has 0 fully saturated rings. The molecule has 0 amide bonds. The lowest BCUT2D eigenvalue weighted by molar-refractivity contribution is 0.238. The predicted molar refractivity (Wildman–Crippen MR) is 65.3 cm³/mol. The van der Waals surface area contributed by atoms with Crippen LogP contribution in [0.4, 0.5) is 0 Å². The molecule has 2 N–H and O–H groups in total. The number of hydrogen-bond acceptors (Lipinski definition) is 5. The maximum Gasteiger partial charge on any atom is 0.232 e. The second-order valence-corrected chi connectivity index (χ2v) is 4.59. The van der Waals surface area contributed by atoms with Gasteiger partial charge >= 0.3 is 0 Å². The van der Waals surface area contributed by atoms with E-state index in [2.05, 4.69) is 16.3 Å². The first-order valence-corrected chi connectivity index (χ1v) is 6.03. The van der Waals surface area contributed by atoms with E-state index < -0.39 is 0 Å². The van der Waals surface area contributed by atoms with Crippen LogP contribution >= 0.6 is 0 Å². The number of nitrogens with zero attached hydrogens (tertiary/aromatic N) is 2. The molecular formula is C13H15N3O2. The topological polar surface area (TPSA) is 74.2 Å². The van der Waals surface area contributed by atoms with Crippen LogP contribution in [0.5, 0.6) is 5.75 Å². The molecule has 2 aromatic rings. The standard InChI is InChI=1S/C13H15N3O2/c1-8(14)12-15-16-13(18-12)10-6-9-4-2-3-5-11(9)17-7-10/h2-5,8,10H,6-7,14H2,1H3. The molecule has 2 unspecified atom stereocenters. The number of ether oxygens (including phenoxy) is 1. The third-order valence-corrected chi connectivity index (χ3v) is 3.07. The first-order chi connectivity index (χ1) is 8.74. The molecule has 2 atom stereocenters. The quantitative estimate of drug-likeness (QED) is 0.873. The molecule has 0 radical (unpaired) electrons. The van der Waals surface area contributed by atoms with Crippen LogP contribution < -0.4 is 10.5 Å². The van der Waals surface area contributed by atoms with E-state index in [1.54, 1.807) is 0 Å². The summed E-state index contributed by atoms with van der Waals surface area (Å²) < 4.78 is 11.3. The van der Waals surface area contributed by atoms with E-state index in [-0.39, 0.29) is 12.0 Å². The van der Waals surface area contributed by atoms with Crippen molar-refractivity contribution in [3.05, 3.63) is 41.6 Å². The molecule has 18 heavy (non-hydrogen) atoms. The lowest BCUT2D eigenvalue weighted by atomic mass is 9.97. The number of fused-ring (bicyclic) bond motifs is 1. The van der Waals surface area contributed by atoms with Gasteiger partial charge in [0.15, 0.2) is 0 Å². The summed E-state index contributed by atoms with van der Waals surface area (Å²) in [5.41, 5.74) is 6.88. The van der Waals surface area contributed by atoms with Gasteiger partial charge in [-0.2, -0.15) is 0 Å². The van der Waals surface area contributed by atoms with E-state index in [1.807, 2.05) is 25.1 Å². The highest BCUT2D eigenvalue weighted by Crippen LogP contribution is 2.31. The van der Waals surface area contributed by atoms with Gasteiger partial charge in [0.25, 0.3) is 0 Å². The number of para-hydroxylation sites is 1. The van der Waals surface area contributed by atoms with Crippen LogP contribution in [-0.4, -0.2) is 16.8 Å². The van der Waals surface area contributed by atoms with Crippen LogP contribution in [0.25, 0.3) is 0 Å². The highest BCUT2D eigenvalue weighted by Gasteiger charge is 2.26. The molecule has 0 spiro atoms. The first-order valence-electron chi connectivity index (χ1n) is 6.03. The average molecular weight is 245 g/mol. The van der Waals surface area contributed by atoms with Crippen LogP contribution in [0, 0.1) is 0 Å². The normalized spacial score (nSPS) is 20.0. The van der Waals surface area contributed by atoms with Crippen LogP contribution in [0.3, 0.4) is 0 Å². The molecule has 94 valence electrons. The number of rotatable bonds is 2. The van der Waals surface area contributed by atoms with Crippen molar-refractivity contribution in [2.75, 3.05) is 6.61 Å². The second-order valence-electron chi connectivity index (χ2n) is 4.59. The molecule has 1 aromatic heterocycles. The van der Waals surface area contributed by atoms with Gasteiger partial charge in [0.2, 0.25) is 11.8 Å². The van der Waals surface area contributed by atoms with E-state index >= 15 is 0 Å². The fourth-order valence-corrected chi connectivity index (χ4v) is 2.08. The van der Waals surface area contributed by atoms with E-state index in [0.29, 0.717) is 18.4 Å². The van der Waals surface area contributed by atoms with E-state index in [9.17, 15) is 0 Å². The van der Waals surface area contributed by atoms with E-state index in [1.165, 1.54) is 5.56 Å². The van der Waals surface area contributed by atoms with Gasteiger partial charge in [-0.1, -0.05) is 18.2 Å². The van der Waals surface area contributed by atoms with Crippen LogP contribution in [-0.2, 0) is 6.42 Å².